The van der Waals surface area contributed by atoms with Crippen LogP contribution in [0.4, 0.5) is 13.2 Å². The van der Waals surface area contributed by atoms with Crippen LogP contribution in [0.5, 0.6) is 5.75 Å². The van der Waals surface area contributed by atoms with E-state index in [1.165, 1.54) is 31.4 Å². The predicted octanol–water partition coefficient (Wildman–Crippen LogP) is 3.30. The van der Waals surface area contributed by atoms with Crippen molar-refractivity contribution >= 4 is 11.9 Å². The van der Waals surface area contributed by atoms with Gasteiger partial charge < -0.3 is 13.9 Å². The Bertz CT molecular complexity index is 685. The third-order valence-corrected chi connectivity index (χ3v) is 2.64. The van der Waals surface area contributed by atoms with E-state index in [4.69, 9.17) is 4.74 Å². The molecular weight excluding hydrogens is 305 g/mol. The average Bonchev–Trinajstić information content (AvgIpc) is 2.97. The number of hydrogen-bond acceptors (Lipinski definition) is 5. The monoisotopic (exact) mass is 314 g/mol. The van der Waals surface area contributed by atoms with Crippen molar-refractivity contribution in [3.63, 3.8) is 0 Å². The molecule has 0 aliphatic carbocycles. The molecule has 0 aliphatic heterocycles. The van der Waals surface area contributed by atoms with Crippen LogP contribution in [0.15, 0.2) is 41.0 Å². The van der Waals surface area contributed by atoms with Gasteiger partial charge in [-0.15, -0.1) is 0 Å². The first-order valence-corrected chi connectivity index (χ1v) is 5.88. The summed E-state index contributed by atoms with van der Waals surface area (Å²) in [5, 5.41) is 0. The molecule has 0 fully saturated rings. The summed E-state index contributed by atoms with van der Waals surface area (Å²) in [6.07, 6.45) is -3.98. The Morgan fingerprint density at radius 2 is 1.68 bits per heavy atom. The van der Waals surface area contributed by atoms with Crippen molar-refractivity contribution in [2.24, 2.45) is 0 Å². The Morgan fingerprint density at radius 1 is 1.05 bits per heavy atom. The number of esters is 2. The van der Waals surface area contributed by atoms with Crippen LogP contribution in [0.25, 0.3) is 0 Å². The Hall–Kier alpha value is -2.77. The van der Waals surface area contributed by atoms with Crippen LogP contribution in [-0.2, 0) is 10.9 Å². The van der Waals surface area contributed by atoms with Gasteiger partial charge >= 0.3 is 18.1 Å². The van der Waals surface area contributed by atoms with Gasteiger partial charge in [0.25, 0.3) is 0 Å². The lowest BCUT2D eigenvalue weighted by molar-refractivity contribution is -0.138. The summed E-state index contributed by atoms with van der Waals surface area (Å²) in [5.41, 5.74) is -1.01. The quantitative estimate of drug-likeness (QED) is 0.642. The first-order valence-electron chi connectivity index (χ1n) is 5.88. The van der Waals surface area contributed by atoms with E-state index in [2.05, 4.69) is 9.15 Å². The molecule has 0 spiro atoms. The maximum atomic E-state index is 12.6. The molecule has 8 heteroatoms. The molecule has 0 N–H and O–H groups in total. The van der Waals surface area contributed by atoms with Gasteiger partial charge in [0, 0.05) is 0 Å². The van der Waals surface area contributed by atoms with Gasteiger partial charge in [0.05, 0.1) is 18.9 Å². The molecule has 116 valence electrons. The molecule has 0 aliphatic rings. The van der Waals surface area contributed by atoms with Crippen molar-refractivity contribution in [1.82, 2.24) is 0 Å². The molecule has 0 radical (unpaired) electrons. The van der Waals surface area contributed by atoms with Gasteiger partial charge in [0.15, 0.2) is 0 Å². The fraction of sp³-hybridized carbons (Fsp3) is 0.143. The van der Waals surface area contributed by atoms with E-state index in [-0.39, 0.29) is 11.3 Å². The molecule has 0 saturated heterocycles. The van der Waals surface area contributed by atoms with E-state index in [0.717, 1.165) is 6.26 Å². The molecule has 1 aromatic carbocycles. The largest absolute Gasteiger partial charge is 0.465 e. The summed E-state index contributed by atoms with van der Waals surface area (Å²) in [7, 11) is 1.20. The zero-order valence-electron chi connectivity index (χ0n) is 11.1. The smallest absolute Gasteiger partial charge is 0.420 e. The summed E-state index contributed by atoms with van der Waals surface area (Å²) in [4.78, 5) is 22.9. The van der Waals surface area contributed by atoms with Crippen molar-refractivity contribution in [3.8, 4) is 5.75 Å². The number of benzene rings is 1. The first-order chi connectivity index (χ1) is 10.3. The molecule has 1 aromatic heterocycles. The third-order valence-electron chi connectivity index (χ3n) is 2.64. The summed E-state index contributed by atoms with van der Waals surface area (Å²) >= 11 is 0. The number of halogens is 3. The fourth-order valence-electron chi connectivity index (χ4n) is 1.62. The zero-order chi connectivity index (χ0) is 16.3. The van der Waals surface area contributed by atoms with Crippen LogP contribution in [0.3, 0.4) is 0 Å². The number of carbonyl (C=O) groups is 2. The highest BCUT2D eigenvalue weighted by Gasteiger charge is 2.38. The summed E-state index contributed by atoms with van der Waals surface area (Å²) in [6.45, 7) is 0. The van der Waals surface area contributed by atoms with Crippen LogP contribution in [0.1, 0.15) is 26.5 Å². The second-order valence-electron chi connectivity index (χ2n) is 4.07. The molecule has 2 rings (SSSR count). The highest BCUT2D eigenvalue weighted by molar-refractivity contribution is 5.91. The molecule has 0 atom stereocenters. The summed E-state index contributed by atoms with van der Waals surface area (Å²) < 4.78 is 51.7. The predicted molar refractivity (Wildman–Crippen MR) is 66.5 cm³/mol. The van der Waals surface area contributed by atoms with E-state index in [9.17, 15) is 22.8 Å². The molecule has 0 unspecified atom stereocenters. The van der Waals surface area contributed by atoms with Gasteiger partial charge in [-0.05, 0) is 30.3 Å². The number of rotatable bonds is 3. The maximum absolute atomic E-state index is 12.6. The van der Waals surface area contributed by atoms with Crippen LogP contribution in [-0.4, -0.2) is 19.0 Å². The molecular formula is C14H9F3O5. The van der Waals surface area contributed by atoms with Gasteiger partial charge in [-0.3, -0.25) is 0 Å². The number of furan rings is 1. The Labute approximate surface area is 122 Å². The minimum absolute atomic E-state index is 0.0397. The Balaban J connectivity index is 2.16. The van der Waals surface area contributed by atoms with Gasteiger partial charge in [-0.2, -0.15) is 13.2 Å². The topological polar surface area (TPSA) is 65.7 Å². The Morgan fingerprint density at radius 3 is 2.23 bits per heavy atom. The summed E-state index contributed by atoms with van der Waals surface area (Å²) in [6, 6.07) is 5.75. The second-order valence-corrected chi connectivity index (χ2v) is 4.07. The van der Waals surface area contributed by atoms with Crippen LogP contribution < -0.4 is 4.74 Å². The SMILES string of the molecule is COC(=O)c1ccc(OC(=O)c2occc2C(F)(F)F)cc1. The zero-order valence-corrected chi connectivity index (χ0v) is 11.1. The third kappa shape index (κ3) is 3.27. The van der Waals surface area contributed by atoms with Crippen molar-refractivity contribution in [3.05, 3.63) is 53.5 Å². The molecule has 1 heterocycles. The van der Waals surface area contributed by atoms with Crippen molar-refractivity contribution in [2.45, 2.75) is 6.18 Å². The molecule has 22 heavy (non-hydrogen) atoms. The highest BCUT2D eigenvalue weighted by Crippen LogP contribution is 2.33. The molecule has 0 saturated carbocycles. The highest BCUT2D eigenvalue weighted by atomic mass is 19.4. The second kappa shape index (κ2) is 5.92. The van der Waals surface area contributed by atoms with Gasteiger partial charge in [-0.25, -0.2) is 9.59 Å². The van der Waals surface area contributed by atoms with Crippen molar-refractivity contribution < 1.29 is 36.7 Å². The summed E-state index contributed by atoms with van der Waals surface area (Å²) in [5.74, 6) is -2.86. The first kappa shape index (κ1) is 15.6. The lowest BCUT2D eigenvalue weighted by Crippen LogP contribution is -2.15. The van der Waals surface area contributed by atoms with Crippen LogP contribution in [0, 0.1) is 0 Å². The normalized spacial score (nSPS) is 11.1. The lowest BCUT2D eigenvalue weighted by Gasteiger charge is -2.07. The minimum Gasteiger partial charge on any atom is -0.465 e. The van der Waals surface area contributed by atoms with E-state index < -0.39 is 29.4 Å². The van der Waals surface area contributed by atoms with Crippen LogP contribution in [0.2, 0.25) is 0 Å². The van der Waals surface area contributed by atoms with E-state index in [1.54, 1.807) is 0 Å². The van der Waals surface area contributed by atoms with Gasteiger partial charge in [0.2, 0.25) is 5.76 Å². The number of hydrogen-bond donors (Lipinski definition) is 0. The maximum Gasteiger partial charge on any atom is 0.420 e. The standard InChI is InChI=1S/C14H9F3O5/c1-20-12(18)8-2-4-9(5-3-8)22-13(19)11-10(6-7-21-11)14(15,16)17/h2-7H,1H3. The van der Waals surface area contributed by atoms with E-state index >= 15 is 0 Å². The van der Waals surface area contributed by atoms with Crippen molar-refractivity contribution in [1.29, 1.82) is 0 Å². The molecule has 0 bridgehead atoms. The Kier molecular flexibility index (Phi) is 4.20. The lowest BCUT2D eigenvalue weighted by atomic mass is 10.2. The fourth-order valence-corrected chi connectivity index (χ4v) is 1.62. The number of alkyl halides is 3. The van der Waals surface area contributed by atoms with Crippen LogP contribution >= 0.6 is 0 Å². The number of carbonyl (C=O) groups excluding carboxylic acids is 2. The number of ether oxygens (including phenoxy) is 2. The number of methoxy groups -OCH3 is 1. The average molecular weight is 314 g/mol. The molecule has 0 amide bonds. The van der Waals surface area contributed by atoms with E-state index in [0.29, 0.717) is 6.07 Å². The molecule has 5 nitrogen and oxygen atoms in total. The van der Waals surface area contributed by atoms with Crippen molar-refractivity contribution in [2.75, 3.05) is 7.11 Å². The minimum atomic E-state index is -4.73. The van der Waals surface area contributed by atoms with Gasteiger partial charge in [-0.1, -0.05) is 0 Å². The van der Waals surface area contributed by atoms with E-state index in [1.807, 2.05) is 0 Å². The molecule has 2 aromatic rings. The van der Waals surface area contributed by atoms with Gasteiger partial charge in [0.1, 0.15) is 11.3 Å².